The van der Waals surface area contributed by atoms with Gasteiger partial charge in [0.25, 0.3) is 0 Å². The fraction of sp³-hybridized carbons (Fsp3) is 0.333. The van der Waals surface area contributed by atoms with Crippen LogP contribution in [0, 0.1) is 25.5 Å². The van der Waals surface area contributed by atoms with Crippen molar-refractivity contribution in [2.75, 3.05) is 5.33 Å². The van der Waals surface area contributed by atoms with Gasteiger partial charge in [0, 0.05) is 17.3 Å². The van der Waals surface area contributed by atoms with E-state index in [1.807, 2.05) is 6.07 Å². The zero-order chi connectivity index (χ0) is 15.4. The average molecular weight is 353 g/mol. The molecule has 0 aliphatic rings. The third kappa shape index (κ3) is 3.91. The van der Waals surface area contributed by atoms with Gasteiger partial charge in [-0.3, -0.25) is 0 Å². The topological polar surface area (TPSA) is 0 Å². The predicted molar refractivity (Wildman–Crippen MR) is 87.1 cm³/mol. The zero-order valence-electron chi connectivity index (χ0n) is 12.3. The molecule has 0 nitrogen and oxygen atoms in total. The van der Waals surface area contributed by atoms with Crippen LogP contribution in [0.15, 0.2) is 36.4 Å². The second-order valence-electron chi connectivity index (χ2n) is 5.39. The molecule has 0 fully saturated rings. The van der Waals surface area contributed by atoms with E-state index in [1.54, 1.807) is 6.07 Å². The molecule has 0 spiro atoms. The molecule has 0 saturated heterocycles. The SMILES string of the molecule is Cc1ccc([C@@H](CCCBr)c2ccc(F)cc2F)cc1C. The molecule has 0 unspecified atom stereocenters. The molecule has 2 aromatic carbocycles. The first kappa shape index (κ1) is 16.2. The molecule has 0 amide bonds. The summed E-state index contributed by atoms with van der Waals surface area (Å²) in [5, 5.41) is 0.872. The third-order valence-electron chi connectivity index (χ3n) is 3.90. The van der Waals surface area contributed by atoms with Crippen molar-refractivity contribution in [1.29, 1.82) is 0 Å². The van der Waals surface area contributed by atoms with Crippen LogP contribution in [0.3, 0.4) is 0 Å². The molecule has 0 heterocycles. The van der Waals surface area contributed by atoms with Crippen LogP contribution in [0.4, 0.5) is 8.78 Å². The summed E-state index contributed by atoms with van der Waals surface area (Å²) < 4.78 is 27.3. The monoisotopic (exact) mass is 352 g/mol. The van der Waals surface area contributed by atoms with E-state index in [0.717, 1.165) is 29.8 Å². The van der Waals surface area contributed by atoms with Crippen molar-refractivity contribution in [3.8, 4) is 0 Å². The van der Waals surface area contributed by atoms with Crippen LogP contribution in [0.5, 0.6) is 0 Å². The summed E-state index contributed by atoms with van der Waals surface area (Å²) in [6.45, 7) is 4.12. The molecule has 0 aromatic heterocycles. The van der Waals surface area contributed by atoms with Crippen molar-refractivity contribution in [3.05, 3.63) is 70.3 Å². The molecule has 2 aromatic rings. The molecule has 0 N–H and O–H groups in total. The highest BCUT2D eigenvalue weighted by Gasteiger charge is 2.18. The van der Waals surface area contributed by atoms with E-state index in [2.05, 4.69) is 41.9 Å². The van der Waals surface area contributed by atoms with E-state index < -0.39 is 11.6 Å². The summed E-state index contributed by atoms with van der Waals surface area (Å²) in [4.78, 5) is 0. The summed E-state index contributed by atoms with van der Waals surface area (Å²) >= 11 is 3.43. The number of alkyl halides is 1. The van der Waals surface area contributed by atoms with E-state index in [9.17, 15) is 8.78 Å². The van der Waals surface area contributed by atoms with Crippen LogP contribution in [0.2, 0.25) is 0 Å². The molecule has 21 heavy (non-hydrogen) atoms. The molecule has 0 aliphatic heterocycles. The van der Waals surface area contributed by atoms with Gasteiger partial charge in [-0.05, 0) is 55.0 Å². The Bertz CT molecular complexity index is 623. The number of aryl methyl sites for hydroxylation is 2. The number of benzene rings is 2. The molecule has 0 saturated carbocycles. The van der Waals surface area contributed by atoms with Crippen LogP contribution in [-0.2, 0) is 0 Å². The third-order valence-corrected chi connectivity index (χ3v) is 4.46. The highest BCUT2D eigenvalue weighted by molar-refractivity contribution is 9.09. The number of halogens is 3. The minimum Gasteiger partial charge on any atom is -0.207 e. The van der Waals surface area contributed by atoms with Crippen LogP contribution >= 0.6 is 15.9 Å². The molecular weight excluding hydrogens is 334 g/mol. The first-order valence-corrected chi connectivity index (χ1v) is 8.23. The van der Waals surface area contributed by atoms with E-state index in [0.29, 0.717) is 5.56 Å². The Morgan fingerprint density at radius 3 is 2.38 bits per heavy atom. The van der Waals surface area contributed by atoms with E-state index >= 15 is 0 Å². The zero-order valence-corrected chi connectivity index (χ0v) is 13.9. The fourth-order valence-electron chi connectivity index (χ4n) is 2.55. The maximum atomic E-state index is 14.1. The van der Waals surface area contributed by atoms with Crippen molar-refractivity contribution in [3.63, 3.8) is 0 Å². The number of hydrogen-bond acceptors (Lipinski definition) is 0. The van der Waals surface area contributed by atoms with Crippen molar-refractivity contribution in [2.45, 2.75) is 32.6 Å². The summed E-state index contributed by atoms with van der Waals surface area (Å²) in [6.07, 6.45) is 1.77. The molecule has 3 heteroatoms. The summed E-state index contributed by atoms with van der Waals surface area (Å²) in [5.74, 6) is -1.04. The number of hydrogen-bond donors (Lipinski definition) is 0. The highest BCUT2D eigenvalue weighted by atomic mass is 79.9. The van der Waals surface area contributed by atoms with Crippen molar-refractivity contribution in [1.82, 2.24) is 0 Å². The summed E-state index contributed by atoms with van der Waals surface area (Å²) in [6, 6.07) is 10.1. The molecule has 112 valence electrons. The predicted octanol–water partition coefficient (Wildman–Crippen LogP) is 5.89. The van der Waals surface area contributed by atoms with Gasteiger partial charge in [0.15, 0.2) is 0 Å². The number of rotatable bonds is 5. The van der Waals surface area contributed by atoms with Crippen molar-refractivity contribution < 1.29 is 8.78 Å². The van der Waals surface area contributed by atoms with Gasteiger partial charge < -0.3 is 0 Å². The quantitative estimate of drug-likeness (QED) is 0.588. The lowest BCUT2D eigenvalue weighted by molar-refractivity contribution is 0.556. The van der Waals surface area contributed by atoms with Gasteiger partial charge in [0.2, 0.25) is 0 Å². The Kier molecular flexibility index (Phi) is 5.51. The minimum absolute atomic E-state index is 0.0394. The second-order valence-corrected chi connectivity index (χ2v) is 6.19. The first-order chi connectivity index (χ1) is 10.0. The fourth-order valence-corrected chi connectivity index (χ4v) is 2.87. The standard InChI is InChI=1S/C18H19BrF2/c1-12-5-6-14(10-13(12)2)16(4-3-9-19)17-8-7-15(20)11-18(17)21/h5-8,10-11,16H,3-4,9H2,1-2H3/t16-/m1/s1. The van der Waals surface area contributed by atoms with Crippen LogP contribution in [0.1, 0.15) is 41.0 Å². The van der Waals surface area contributed by atoms with Gasteiger partial charge in [-0.1, -0.05) is 40.2 Å². The van der Waals surface area contributed by atoms with Gasteiger partial charge >= 0.3 is 0 Å². The largest absolute Gasteiger partial charge is 0.207 e. The van der Waals surface area contributed by atoms with E-state index in [-0.39, 0.29) is 5.92 Å². The van der Waals surface area contributed by atoms with Crippen LogP contribution < -0.4 is 0 Å². The van der Waals surface area contributed by atoms with Crippen molar-refractivity contribution in [2.24, 2.45) is 0 Å². The van der Waals surface area contributed by atoms with E-state index in [1.165, 1.54) is 17.2 Å². The van der Waals surface area contributed by atoms with Gasteiger partial charge in [-0.15, -0.1) is 0 Å². The lowest BCUT2D eigenvalue weighted by atomic mass is 9.86. The summed E-state index contributed by atoms with van der Waals surface area (Å²) in [5.41, 5.74) is 4.07. The Hall–Kier alpha value is -1.22. The average Bonchev–Trinajstić information content (AvgIpc) is 2.44. The Morgan fingerprint density at radius 2 is 1.76 bits per heavy atom. The Labute approximate surface area is 133 Å². The molecule has 2 rings (SSSR count). The van der Waals surface area contributed by atoms with Gasteiger partial charge in [-0.25, -0.2) is 8.78 Å². The minimum atomic E-state index is -0.532. The first-order valence-electron chi connectivity index (χ1n) is 7.11. The van der Waals surface area contributed by atoms with Crippen LogP contribution in [0.25, 0.3) is 0 Å². The normalized spacial score (nSPS) is 12.4. The maximum absolute atomic E-state index is 14.1. The van der Waals surface area contributed by atoms with E-state index in [4.69, 9.17) is 0 Å². The Morgan fingerprint density at radius 1 is 1.00 bits per heavy atom. The molecule has 0 bridgehead atoms. The molecule has 1 atom stereocenters. The second kappa shape index (κ2) is 7.17. The van der Waals surface area contributed by atoms with Gasteiger partial charge in [0.1, 0.15) is 11.6 Å². The van der Waals surface area contributed by atoms with Crippen LogP contribution in [-0.4, -0.2) is 5.33 Å². The summed E-state index contributed by atoms with van der Waals surface area (Å²) in [7, 11) is 0. The van der Waals surface area contributed by atoms with Crippen molar-refractivity contribution >= 4 is 15.9 Å². The smallest absolute Gasteiger partial charge is 0.129 e. The molecule has 0 radical (unpaired) electrons. The lowest BCUT2D eigenvalue weighted by Crippen LogP contribution is -2.05. The molecular formula is C18H19BrF2. The molecule has 0 aliphatic carbocycles. The maximum Gasteiger partial charge on any atom is 0.129 e. The lowest BCUT2D eigenvalue weighted by Gasteiger charge is -2.19. The Balaban J connectivity index is 2.44. The van der Waals surface area contributed by atoms with Gasteiger partial charge in [0.05, 0.1) is 0 Å². The van der Waals surface area contributed by atoms with Gasteiger partial charge in [-0.2, -0.15) is 0 Å². The highest BCUT2D eigenvalue weighted by Crippen LogP contribution is 2.32.